The summed E-state index contributed by atoms with van der Waals surface area (Å²) in [6.45, 7) is 3.95. The molecule has 1 aromatic heterocycles. The van der Waals surface area contributed by atoms with Gasteiger partial charge in [0.1, 0.15) is 5.75 Å². The molecule has 0 saturated carbocycles. The molecule has 0 saturated heterocycles. The van der Waals surface area contributed by atoms with E-state index in [1.807, 2.05) is 31.6 Å². The summed E-state index contributed by atoms with van der Waals surface area (Å²) in [6, 6.07) is 5.37. The molecule has 0 N–H and O–H groups in total. The number of rotatable bonds is 4. The third-order valence-electron chi connectivity index (χ3n) is 4.73. The van der Waals surface area contributed by atoms with Crippen LogP contribution in [0.15, 0.2) is 18.2 Å². The van der Waals surface area contributed by atoms with Gasteiger partial charge in [-0.15, -0.1) is 0 Å². The second kappa shape index (κ2) is 6.59. The van der Waals surface area contributed by atoms with Crippen LogP contribution in [0.4, 0.5) is 0 Å². The molecule has 0 atom stereocenters. The molecule has 0 fully saturated rings. The number of fused-ring (bicyclic) bond motifs is 1. The number of hydrogen-bond donors (Lipinski definition) is 0. The number of hydrogen-bond acceptors (Lipinski definition) is 4. The minimum absolute atomic E-state index is 0.135. The Morgan fingerprint density at radius 1 is 1.29 bits per heavy atom. The van der Waals surface area contributed by atoms with Crippen molar-refractivity contribution >= 4 is 11.8 Å². The maximum absolute atomic E-state index is 12.2. The Hall–Kier alpha value is -2.43. The molecule has 0 amide bonds. The number of Topliss-reactive ketones (excluding diaryl/α,β-unsaturated/α-hetero) is 1. The molecule has 0 bridgehead atoms. The highest BCUT2D eigenvalue weighted by Crippen LogP contribution is 2.30. The predicted molar refractivity (Wildman–Crippen MR) is 90.3 cm³/mol. The average molecular weight is 326 g/mol. The van der Waals surface area contributed by atoms with E-state index in [0.29, 0.717) is 30.6 Å². The molecular weight excluding hydrogens is 304 g/mol. The maximum Gasteiger partial charge on any atom is 0.311 e. The third kappa shape index (κ3) is 3.11. The van der Waals surface area contributed by atoms with Crippen LogP contribution in [0.3, 0.4) is 0 Å². The smallest absolute Gasteiger partial charge is 0.311 e. The predicted octanol–water partition coefficient (Wildman–Crippen LogP) is 3.09. The Kier molecular flexibility index (Phi) is 4.51. The first-order chi connectivity index (χ1) is 11.5. The van der Waals surface area contributed by atoms with E-state index in [0.717, 1.165) is 35.4 Å². The van der Waals surface area contributed by atoms with Gasteiger partial charge in [-0.2, -0.15) is 5.10 Å². The number of ketones is 1. The molecule has 0 spiro atoms. The molecule has 24 heavy (non-hydrogen) atoms. The van der Waals surface area contributed by atoms with E-state index in [4.69, 9.17) is 4.74 Å². The fourth-order valence-corrected chi connectivity index (χ4v) is 3.32. The van der Waals surface area contributed by atoms with Crippen LogP contribution in [0, 0.1) is 13.8 Å². The first-order valence-corrected chi connectivity index (χ1v) is 8.32. The molecule has 1 aliphatic rings. The summed E-state index contributed by atoms with van der Waals surface area (Å²) in [4.78, 5) is 24.2. The van der Waals surface area contributed by atoms with Crippen molar-refractivity contribution in [1.29, 1.82) is 0 Å². The van der Waals surface area contributed by atoms with Crippen molar-refractivity contribution in [2.75, 3.05) is 0 Å². The van der Waals surface area contributed by atoms with Gasteiger partial charge in [0, 0.05) is 30.3 Å². The summed E-state index contributed by atoms with van der Waals surface area (Å²) in [5, 5.41) is 4.37. The molecule has 5 heteroatoms. The van der Waals surface area contributed by atoms with Gasteiger partial charge in [-0.1, -0.05) is 12.1 Å². The lowest BCUT2D eigenvalue weighted by molar-refractivity contribution is -0.134. The number of carbonyl (C=O) groups excluding carboxylic acids is 2. The Balaban J connectivity index is 1.70. The van der Waals surface area contributed by atoms with Gasteiger partial charge in [0.15, 0.2) is 5.78 Å². The number of aryl methyl sites for hydroxylation is 2. The molecule has 5 nitrogen and oxygen atoms in total. The van der Waals surface area contributed by atoms with Crippen molar-refractivity contribution in [3.05, 3.63) is 46.3 Å². The van der Waals surface area contributed by atoms with Gasteiger partial charge < -0.3 is 4.74 Å². The molecule has 1 heterocycles. The fraction of sp³-hybridized carbons (Fsp3) is 0.421. The molecule has 0 radical (unpaired) electrons. The normalized spacial score (nSPS) is 13.7. The van der Waals surface area contributed by atoms with E-state index in [2.05, 4.69) is 5.10 Å². The fourth-order valence-electron chi connectivity index (χ4n) is 3.32. The van der Waals surface area contributed by atoms with E-state index in [1.165, 1.54) is 0 Å². The Labute approximate surface area is 141 Å². The number of nitrogens with zero attached hydrogens (tertiary/aromatic N) is 2. The SMILES string of the molecule is Cc1nn(C)c(C)c1CCC(=O)Oc1cccc2c1CCCC2=O. The van der Waals surface area contributed by atoms with Crippen LogP contribution in [0.2, 0.25) is 0 Å². The largest absolute Gasteiger partial charge is 0.426 e. The lowest BCUT2D eigenvalue weighted by Crippen LogP contribution is -2.15. The number of ether oxygens (including phenoxy) is 1. The van der Waals surface area contributed by atoms with Crippen molar-refractivity contribution in [2.24, 2.45) is 7.05 Å². The molecule has 0 aliphatic heterocycles. The molecule has 2 aromatic rings. The minimum atomic E-state index is -0.274. The van der Waals surface area contributed by atoms with Crippen molar-refractivity contribution < 1.29 is 14.3 Å². The van der Waals surface area contributed by atoms with Gasteiger partial charge in [0.05, 0.1) is 12.1 Å². The molecule has 126 valence electrons. The first-order valence-electron chi connectivity index (χ1n) is 8.32. The Morgan fingerprint density at radius 3 is 2.79 bits per heavy atom. The average Bonchev–Trinajstić information content (AvgIpc) is 2.79. The zero-order valence-corrected chi connectivity index (χ0v) is 14.4. The Morgan fingerprint density at radius 2 is 2.08 bits per heavy atom. The van der Waals surface area contributed by atoms with Crippen LogP contribution >= 0.6 is 0 Å². The van der Waals surface area contributed by atoms with Gasteiger partial charge in [-0.05, 0) is 44.7 Å². The van der Waals surface area contributed by atoms with E-state index in [1.54, 1.807) is 12.1 Å². The summed E-state index contributed by atoms with van der Waals surface area (Å²) < 4.78 is 7.38. The summed E-state index contributed by atoms with van der Waals surface area (Å²) in [6.07, 6.45) is 3.08. The molecule has 0 unspecified atom stereocenters. The van der Waals surface area contributed by atoms with Crippen LogP contribution in [-0.2, 0) is 24.7 Å². The van der Waals surface area contributed by atoms with Crippen molar-refractivity contribution in [3.63, 3.8) is 0 Å². The van der Waals surface area contributed by atoms with E-state index in [9.17, 15) is 9.59 Å². The van der Waals surface area contributed by atoms with Gasteiger partial charge in [0.2, 0.25) is 0 Å². The lowest BCUT2D eigenvalue weighted by atomic mass is 9.90. The van der Waals surface area contributed by atoms with E-state index < -0.39 is 0 Å². The van der Waals surface area contributed by atoms with Gasteiger partial charge >= 0.3 is 5.97 Å². The summed E-state index contributed by atoms with van der Waals surface area (Å²) in [5.41, 5.74) is 4.69. The molecule has 1 aromatic carbocycles. The number of carbonyl (C=O) groups is 2. The number of aromatic nitrogens is 2. The lowest BCUT2D eigenvalue weighted by Gasteiger charge is -2.17. The van der Waals surface area contributed by atoms with Crippen LogP contribution in [-0.4, -0.2) is 21.5 Å². The van der Waals surface area contributed by atoms with Gasteiger partial charge in [-0.25, -0.2) is 0 Å². The van der Waals surface area contributed by atoms with Crippen LogP contribution in [0.25, 0.3) is 0 Å². The van der Waals surface area contributed by atoms with Crippen LogP contribution < -0.4 is 4.74 Å². The molecular formula is C19H22N2O3. The Bertz CT molecular complexity index is 805. The standard InChI is InChI=1S/C19H22N2O3/c1-12-14(13(2)21(3)20-12)10-11-19(23)24-18-9-5-6-15-16(18)7-4-8-17(15)22/h5-6,9H,4,7-8,10-11H2,1-3H3. The maximum atomic E-state index is 12.2. The second-order valence-electron chi connectivity index (χ2n) is 6.31. The summed E-state index contributed by atoms with van der Waals surface area (Å²) >= 11 is 0. The van der Waals surface area contributed by atoms with Gasteiger partial charge in [0.25, 0.3) is 0 Å². The minimum Gasteiger partial charge on any atom is -0.426 e. The van der Waals surface area contributed by atoms with E-state index >= 15 is 0 Å². The monoisotopic (exact) mass is 326 g/mol. The second-order valence-corrected chi connectivity index (χ2v) is 6.31. The highest BCUT2D eigenvalue weighted by atomic mass is 16.5. The van der Waals surface area contributed by atoms with Crippen molar-refractivity contribution in [1.82, 2.24) is 9.78 Å². The van der Waals surface area contributed by atoms with Crippen LogP contribution in [0.5, 0.6) is 5.75 Å². The molecule has 3 rings (SSSR count). The summed E-state index contributed by atoms with van der Waals surface area (Å²) in [5.74, 6) is 0.394. The molecule has 1 aliphatic carbocycles. The summed E-state index contributed by atoms with van der Waals surface area (Å²) in [7, 11) is 1.90. The quantitative estimate of drug-likeness (QED) is 0.640. The highest BCUT2D eigenvalue weighted by molar-refractivity contribution is 5.99. The first kappa shape index (κ1) is 16.4. The van der Waals surface area contributed by atoms with Crippen molar-refractivity contribution in [2.45, 2.75) is 46.0 Å². The van der Waals surface area contributed by atoms with Gasteiger partial charge in [-0.3, -0.25) is 14.3 Å². The zero-order chi connectivity index (χ0) is 17.3. The van der Waals surface area contributed by atoms with Crippen molar-refractivity contribution in [3.8, 4) is 5.75 Å². The number of benzene rings is 1. The topological polar surface area (TPSA) is 61.2 Å². The zero-order valence-electron chi connectivity index (χ0n) is 14.4. The highest BCUT2D eigenvalue weighted by Gasteiger charge is 2.21. The van der Waals surface area contributed by atoms with Crippen LogP contribution in [0.1, 0.15) is 52.1 Å². The van der Waals surface area contributed by atoms with E-state index in [-0.39, 0.29) is 11.8 Å². The third-order valence-corrected chi connectivity index (χ3v) is 4.73. The number of esters is 1.